The minimum atomic E-state index is -3.68. The van der Waals surface area contributed by atoms with Crippen LogP contribution in [0.2, 0.25) is 0 Å². The highest BCUT2D eigenvalue weighted by Gasteiger charge is 2.24. The van der Waals surface area contributed by atoms with Crippen LogP contribution in [0, 0.1) is 5.92 Å². The van der Waals surface area contributed by atoms with Crippen LogP contribution >= 0.6 is 0 Å². The van der Waals surface area contributed by atoms with Gasteiger partial charge in [0.2, 0.25) is 15.9 Å². The molecular weight excluding hydrogens is 392 g/mol. The minimum Gasteiger partial charge on any atom is -0.352 e. The van der Waals surface area contributed by atoms with Crippen LogP contribution in [0.3, 0.4) is 0 Å². The maximum absolute atomic E-state index is 12.7. The lowest BCUT2D eigenvalue weighted by Crippen LogP contribution is -2.46. The molecule has 0 atom stereocenters. The van der Waals surface area contributed by atoms with Gasteiger partial charge >= 0.3 is 0 Å². The Morgan fingerprint density at radius 1 is 1.21 bits per heavy atom. The van der Waals surface area contributed by atoms with Gasteiger partial charge < -0.3 is 14.8 Å². The molecule has 164 valence electrons. The van der Waals surface area contributed by atoms with Gasteiger partial charge in [0.25, 0.3) is 5.56 Å². The molecule has 0 spiro atoms. The Kier molecular flexibility index (Phi) is 8.42. The Hall–Kier alpha value is -1.71. The van der Waals surface area contributed by atoms with Crippen molar-refractivity contribution in [1.82, 2.24) is 19.1 Å². The summed E-state index contributed by atoms with van der Waals surface area (Å²) >= 11 is 0. The van der Waals surface area contributed by atoms with E-state index >= 15 is 0 Å². The zero-order valence-corrected chi connectivity index (χ0v) is 18.7. The van der Waals surface area contributed by atoms with Crippen molar-refractivity contribution in [3.8, 4) is 0 Å². The molecule has 1 aliphatic heterocycles. The fraction of sp³-hybridized carbons (Fsp3) is 0.700. The maximum atomic E-state index is 12.7. The molecular formula is C20H34N4O4S. The van der Waals surface area contributed by atoms with Crippen LogP contribution in [0.1, 0.15) is 40.5 Å². The second-order valence-corrected chi connectivity index (χ2v) is 9.89. The van der Waals surface area contributed by atoms with Gasteiger partial charge in [-0.1, -0.05) is 27.7 Å². The summed E-state index contributed by atoms with van der Waals surface area (Å²) in [5.74, 6) is 0.347. The molecule has 0 bridgehead atoms. The summed E-state index contributed by atoms with van der Waals surface area (Å²) in [5, 5.41) is 2.99. The van der Waals surface area contributed by atoms with Crippen molar-refractivity contribution in [2.75, 3.05) is 32.7 Å². The minimum absolute atomic E-state index is 0.0237. The van der Waals surface area contributed by atoms with Crippen molar-refractivity contribution in [3.63, 3.8) is 0 Å². The predicted molar refractivity (Wildman–Crippen MR) is 113 cm³/mol. The molecule has 1 amide bonds. The van der Waals surface area contributed by atoms with Crippen LogP contribution in [0.25, 0.3) is 0 Å². The number of carbonyl (C=O) groups is 1. The molecule has 2 heterocycles. The van der Waals surface area contributed by atoms with Crippen molar-refractivity contribution < 1.29 is 13.2 Å². The smallest absolute Gasteiger partial charge is 0.251 e. The molecule has 1 N–H and O–H groups in total. The van der Waals surface area contributed by atoms with E-state index in [1.807, 2.05) is 0 Å². The molecule has 0 unspecified atom stereocenters. The summed E-state index contributed by atoms with van der Waals surface area (Å²) in [5.41, 5.74) is -0.398. The molecule has 1 fully saturated rings. The summed E-state index contributed by atoms with van der Waals surface area (Å²) in [6.07, 6.45) is 3.02. The lowest BCUT2D eigenvalue weighted by molar-refractivity contribution is -0.122. The van der Waals surface area contributed by atoms with Gasteiger partial charge in [-0.2, -0.15) is 4.31 Å². The highest BCUT2D eigenvalue weighted by atomic mass is 32.2. The summed E-state index contributed by atoms with van der Waals surface area (Å²) in [7, 11) is -3.68. The van der Waals surface area contributed by atoms with Crippen molar-refractivity contribution in [3.05, 3.63) is 28.7 Å². The number of aromatic nitrogens is 1. The number of carbonyl (C=O) groups excluding carboxylic acids is 1. The number of nitrogens with one attached hydrogen (secondary N) is 1. The van der Waals surface area contributed by atoms with E-state index in [-0.39, 0.29) is 23.4 Å². The van der Waals surface area contributed by atoms with E-state index in [2.05, 4.69) is 24.1 Å². The number of hydrogen-bond acceptors (Lipinski definition) is 5. The Balaban J connectivity index is 2.01. The molecule has 8 nitrogen and oxygen atoms in total. The van der Waals surface area contributed by atoms with Gasteiger partial charge in [-0.05, 0) is 24.8 Å². The summed E-state index contributed by atoms with van der Waals surface area (Å²) in [6.45, 7) is 11.4. The van der Waals surface area contributed by atoms with E-state index in [0.717, 1.165) is 32.5 Å². The molecule has 29 heavy (non-hydrogen) atoms. The molecule has 9 heteroatoms. The zero-order chi connectivity index (χ0) is 21.6. The van der Waals surface area contributed by atoms with Gasteiger partial charge in [0.15, 0.2) is 0 Å². The normalized spacial score (nSPS) is 16.5. The van der Waals surface area contributed by atoms with Gasteiger partial charge in [-0.15, -0.1) is 0 Å². The quantitative estimate of drug-likeness (QED) is 0.639. The van der Waals surface area contributed by atoms with Crippen molar-refractivity contribution in [1.29, 1.82) is 0 Å². The lowest BCUT2D eigenvalue weighted by Gasteiger charge is -2.33. The molecule has 0 aromatic carbocycles. The largest absolute Gasteiger partial charge is 0.352 e. The first-order valence-electron chi connectivity index (χ1n) is 10.4. The number of rotatable bonds is 9. The Labute approximate surface area is 173 Å². The number of piperidine rings is 1. The molecule has 1 aromatic heterocycles. The zero-order valence-electron chi connectivity index (χ0n) is 17.9. The van der Waals surface area contributed by atoms with E-state index in [9.17, 15) is 18.0 Å². The van der Waals surface area contributed by atoms with Crippen LogP contribution in [-0.2, 0) is 21.4 Å². The monoisotopic (exact) mass is 426 g/mol. The highest BCUT2D eigenvalue weighted by Crippen LogP contribution is 2.14. The molecule has 1 aromatic rings. The summed E-state index contributed by atoms with van der Waals surface area (Å²) in [6, 6.07) is 2.59. The van der Waals surface area contributed by atoms with Crippen LogP contribution in [0.4, 0.5) is 0 Å². The van der Waals surface area contributed by atoms with Gasteiger partial charge in [0.1, 0.15) is 6.54 Å². The lowest BCUT2D eigenvalue weighted by atomic mass is 10.0. The molecule has 1 aliphatic rings. The fourth-order valence-electron chi connectivity index (χ4n) is 3.70. The molecule has 2 rings (SSSR count). The Morgan fingerprint density at radius 2 is 1.83 bits per heavy atom. The van der Waals surface area contributed by atoms with Crippen LogP contribution < -0.4 is 10.9 Å². The van der Waals surface area contributed by atoms with Gasteiger partial charge in [0.05, 0.1) is 4.90 Å². The van der Waals surface area contributed by atoms with E-state index in [1.165, 1.54) is 27.2 Å². The van der Waals surface area contributed by atoms with Crippen molar-refractivity contribution in [2.45, 2.75) is 58.0 Å². The first-order valence-corrected chi connectivity index (χ1v) is 11.8. The molecule has 0 aliphatic carbocycles. The standard InChI is InChI=1S/C20H34N4O4S/c1-5-24(6-2)29(27,28)18-7-8-20(26)23(14-18)15-19(25)21-17-9-11-22(12-10-17)13-16(3)4/h7-8,14,16-17H,5-6,9-13,15H2,1-4H3,(H,21,25). The topological polar surface area (TPSA) is 91.7 Å². The van der Waals surface area contributed by atoms with E-state index in [1.54, 1.807) is 13.8 Å². The third-order valence-corrected chi connectivity index (χ3v) is 7.22. The van der Waals surface area contributed by atoms with E-state index in [4.69, 9.17) is 0 Å². The number of hydrogen-bond donors (Lipinski definition) is 1. The third kappa shape index (κ3) is 6.38. The molecule has 0 radical (unpaired) electrons. The number of likely N-dealkylation sites (tertiary alicyclic amines) is 1. The van der Waals surface area contributed by atoms with Crippen molar-refractivity contribution in [2.24, 2.45) is 5.92 Å². The first kappa shape index (κ1) is 23.6. The Bertz CT molecular complexity index is 838. The number of sulfonamides is 1. The average molecular weight is 427 g/mol. The van der Waals surface area contributed by atoms with E-state index in [0.29, 0.717) is 19.0 Å². The van der Waals surface area contributed by atoms with Gasteiger partial charge in [-0.25, -0.2) is 8.42 Å². The Morgan fingerprint density at radius 3 is 2.38 bits per heavy atom. The first-order chi connectivity index (χ1) is 13.7. The maximum Gasteiger partial charge on any atom is 0.251 e. The summed E-state index contributed by atoms with van der Waals surface area (Å²) in [4.78, 5) is 27.0. The van der Waals surface area contributed by atoms with E-state index < -0.39 is 15.6 Å². The highest BCUT2D eigenvalue weighted by molar-refractivity contribution is 7.89. The third-order valence-electron chi connectivity index (χ3n) is 5.19. The van der Waals surface area contributed by atoms with Crippen LogP contribution in [-0.4, -0.2) is 66.9 Å². The molecule has 1 saturated heterocycles. The number of amides is 1. The molecule has 0 saturated carbocycles. The predicted octanol–water partition coefficient (Wildman–Crippen LogP) is 1.12. The SMILES string of the molecule is CCN(CC)S(=O)(=O)c1ccc(=O)n(CC(=O)NC2CCN(CC(C)C)CC2)c1. The van der Waals surface area contributed by atoms with Gasteiger partial charge in [0, 0.05) is 51.0 Å². The number of nitrogens with zero attached hydrogens (tertiary/aromatic N) is 3. The van der Waals surface area contributed by atoms with Crippen LogP contribution in [0.15, 0.2) is 28.0 Å². The fourth-order valence-corrected chi connectivity index (χ4v) is 5.18. The second kappa shape index (κ2) is 10.4. The second-order valence-electron chi connectivity index (χ2n) is 7.96. The van der Waals surface area contributed by atoms with Gasteiger partial charge in [-0.3, -0.25) is 9.59 Å². The van der Waals surface area contributed by atoms with Crippen molar-refractivity contribution >= 4 is 15.9 Å². The summed E-state index contributed by atoms with van der Waals surface area (Å²) < 4.78 is 27.8. The van der Waals surface area contributed by atoms with Crippen LogP contribution in [0.5, 0.6) is 0 Å². The average Bonchev–Trinajstić information content (AvgIpc) is 2.65. The number of pyridine rings is 1.